The molecule has 8 heteroatoms. The number of fused-ring (bicyclic) bond motifs is 7. The number of unbranched alkanes of at least 4 members (excludes halogenated alkanes) is 27. The number of aryl methyl sites for hydroxylation is 4. The summed E-state index contributed by atoms with van der Waals surface area (Å²) in [4.78, 5) is 40.7. The SMILES string of the molecule is CCCCCCCCCCCCCCCCc1cc2c(s1)c1c(c3sc(CCCCCCCCCCCCCCCC)cc32)=C(c2sc(-c3sc(C)c4cc(C(=O)CCCC)sc34)c(C)c2C)C(=O)C=1c1sc(C)c(C)c1C. The van der Waals surface area contributed by atoms with Crippen LogP contribution in [0, 0.1) is 41.5 Å². The molecule has 1 aliphatic rings. The van der Waals surface area contributed by atoms with Crippen LogP contribution in [0.1, 0.15) is 281 Å². The van der Waals surface area contributed by atoms with Crippen LogP contribution in [0.4, 0.5) is 0 Å². The minimum atomic E-state index is 0.204. The van der Waals surface area contributed by atoms with Crippen LogP contribution in [-0.4, -0.2) is 11.6 Å². The summed E-state index contributed by atoms with van der Waals surface area (Å²) in [6.07, 6.45) is 43.2. The Kier molecular flexibility index (Phi) is 24.0. The first kappa shape index (κ1) is 61.4. The van der Waals surface area contributed by atoms with Crippen molar-refractivity contribution in [3.63, 3.8) is 0 Å². The van der Waals surface area contributed by atoms with Gasteiger partial charge in [0.15, 0.2) is 11.6 Å². The van der Waals surface area contributed by atoms with E-state index in [-0.39, 0.29) is 11.6 Å². The molecule has 7 aromatic rings. The molecule has 2 nitrogen and oxygen atoms in total. The maximum atomic E-state index is 16.1. The van der Waals surface area contributed by atoms with Crippen molar-refractivity contribution in [2.75, 3.05) is 0 Å². The molecule has 0 fully saturated rings. The van der Waals surface area contributed by atoms with Gasteiger partial charge in [0.05, 0.1) is 14.5 Å². The number of carbonyl (C=O) groups excluding carboxylic acids is 2. The fraction of sp³-hybridized carbons (Fsp3) is 0.600. The lowest BCUT2D eigenvalue weighted by molar-refractivity contribution is -0.108. The maximum Gasteiger partial charge on any atom is 0.197 e. The highest BCUT2D eigenvalue weighted by Gasteiger charge is 2.35. The lowest BCUT2D eigenvalue weighted by Gasteiger charge is -2.05. The second kappa shape index (κ2) is 30.5. The molecule has 0 N–H and O–H groups in total. The predicted octanol–water partition coefficient (Wildman–Crippen LogP) is 23.4. The highest BCUT2D eigenvalue weighted by molar-refractivity contribution is 7.30. The molecular weight excluding hydrogens is 1070 g/mol. The Morgan fingerprint density at radius 1 is 0.359 bits per heavy atom. The molecule has 1 aliphatic carbocycles. The zero-order chi connectivity index (χ0) is 55.1. The van der Waals surface area contributed by atoms with Crippen molar-refractivity contribution in [3.8, 4) is 9.75 Å². The van der Waals surface area contributed by atoms with Crippen molar-refractivity contribution in [2.24, 2.45) is 0 Å². The van der Waals surface area contributed by atoms with E-state index >= 15 is 4.79 Å². The van der Waals surface area contributed by atoms with Crippen LogP contribution in [0.15, 0.2) is 18.2 Å². The van der Waals surface area contributed by atoms with Crippen molar-refractivity contribution in [1.82, 2.24) is 0 Å². The quantitative estimate of drug-likeness (QED) is 0.0287. The van der Waals surface area contributed by atoms with E-state index in [1.54, 1.807) is 11.3 Å². The Morgan fingerprint density at radius 2 is 0.744 bits per heavy atom. The van der Waals surface area contributed by atoms with Gasteiger partial charge in [0.1, 0.15) is 0 Å². The average molecular weight is 1160 g/mol. The van der Waals surface area contributed by atoms with Crippen LogP contribution in [0.2, 0.25) is 0 Å². The van der Waals surface area contributed by atoms with Crippen LogP contribution in [0.5, 0.6) is 0 Å². The van der Waals surface area contributed by atoms with E-state index in [4.69, 9.17) is 0 Å². The molecule has 424 valence electrons. The summed E-state index contributed by atoms with van der Waals surface area (Å²) >= 11 is 11.2. The molecule has 6 heterocycles. The van der Waals surface area contributed by atoms with E-state index in [1.165, 1.54) is 272 Å². The van der Waals surface area contributed by atoms with E-state index < -0.39 is 0 Å². The molecule has 0 saturated heterocycles. The molecule has 0 saturated carbocycles. The van der Waals surface area contributed by atoms with Crippen LogP contribution in [-0.2, 0) is 17.6 Å². The molecular formula is C70H96O2S6. The second-order valence-corrected chi connectivity index (χ2v) is 30.3. The Bertz CT molecular complexity index is 3220. The van der Waals surface area contributed by atoms with Gasteiger partial charge in [0, 0.05) is 87.7 Å². The van der Waals surface area contributed by atoms with E-state index in [2.05, 4.69) is 80.5 Å². The van der Waals surface area contributed by atoms with Gasteiger partial charge in [-0.1, -0.05) is 194 Å². The van der Waals surface area contributed by atoms with Crippen molar-refractivity contribution < 1.29 is 9.59 Å². The van der Waals surface area contributed by atoms with Crippen molar-refractivity contribution in [2.45, 2.75) is 274 Å². The maximum absolute atomic E-state index is 16.1. The molecule has 6 aromatic heterocycles. The van der Waals surface area contributed by atoms with Gasteiger partial charge in [-0.3, -0.25) is 9.59 Å². The molecule has 0 bridgehead atoms. The molecule has 0 spiro atoms. The van der Waals surface area contributed by atoms with Crippen molar-refractivity contribution in [3.05, 3.63) is 85.0 Å². The Balaban J connectivity index is 1.11. The third-order valence-corrected chi connectivity index (χ3v) is 25.2. The summed E-state index contributed by atoms with van der Waals surface area (Å²) < 4.78 is 3.86. The lowest BCUT2D eigenvalue weighted by Crippen LogP contribution is -2.25. The first-order valence-corrected chi connectivity index (χ1v) is 36.4. The van der Waals surface area contributed by atoms with E-state index in [9.17, 15) is 4.79 Å². The number of thiophene rings is 6. The number of Topliss-reactive ketones (excluding diaryl/α,β-unsaturated/α-hetero) is 2. The Morgan fingerprint density at radius 3 is 1.17 bits per heavy atom. The molecule has 78 heavy (non-hydrogen) atoms. The smallest absolute Gasteiger partial charge is 0.197 e. The predicted molar refractivity (Wildman–Crippen MR) is 354 cm³/mol. The molecule has 8 rings (SSSR count). The highest BCUT2D eigenvalue weighted by Crippen LogP contribution is 2.50. The molecule has 1 aromatic carbocycles. The summed E-state index contributed by atoms with van der Waals surface area (Å²) in [5, 5.41) is 6.35. The fourth-order valence-electron chi connectivity index (χ4n) is 12.2. The molecule has 0 atom stereocenters. The number of rotatable bonds is 37. The number of benzene rings is 1. The van der Waals surface area contributed by atoms with Gasteiger partial charge in [0.2, 0.25) is 0 Å². The minimum absolute atomic E-state index is 0.204. The third-order valence-electron chi connectivity index (χ3n) is 17.5. The van der Waals surface area contributed by atoms with Crippen molar-refractivity contribution >= 4 is 121 Å². The first-order chi connectivity index (χ1) is 38.0. The van der Waals surface area contributed by atoms with Gasteiger partial charge in [0.25, 0.3) is 0 Å². The first-order valence-electron chi connectivity index (χ1n) is 31.5. The Labute approximate surface area is 495 Å². The van der Waals surface area contributed by atoms with Gasteiger partial charge in [-0.25, -0.2) is 0 Å². The second-order valence-electron chi connectivity index (χ2n) is 23.5. The summed E-state index contributed by atoms with van der Waals surface area (Å²) in [7, 11) is 0. The highest BCUT2D eigenvalue weighted by atomic mass is 32.1. The summed E-state index contributed by atoms with van der Waals surface area (Å²) in [6, 6.07) is 7.27. The van der Waals surface area contributed by atoms with E-state index in [1.807, 2.05) is 56.7 Å². The summed E-state index contributed by atoms with van der Waals surface area (Å²) in [5.74, 6) is 0.468. The minimum Gasteiger partial charge on any atom is -0.293 e. The van der Waals surface area contributed by atoms with Gasteiger partial charge >= 0.3 is 0 Å². The average Bonchev–Trinajstić information content (AvgIpc) is 4.43. The van der Waals surface area contributed by atoms with Crippen LogP contribution in [0.3, 0.4) is 0 Å². The molecule has 0 radical (unpaired) electrons. The van der Waals surface area contributed by atoms with Crippen LogP contribution in [0.25, 0.3) is 51.2 Å². The standard InChI is InChI=1S/C70H96O2S6/c1-10-13-16-18-20-22-24-26-28-30-32-34-36-38-40-52-43-55-56-44-53(41-39-37-35-33-31-29-27-25-23-21-19-17-14-11-2)76-68(56)60-59(67(55)75-52)61(64-47(5)46(4)50(8)73-64)63(72)62(60)65-48(6)49(7)66(78-65)70-69-54(51(9)74-70)45-58(77-69)57(71)42-15-12-3/h43-45H,10-42H2,1-9H3. The monoisotopic (exact) mass is 1160 g/mol. The van der Waals surface area contributed by atoms with Crippen LogP contribution < -0.4 is 10.4 Å². The van der Waals surface area contributed by atoms with Gasteiger partial charge in [-0.2, -0.15) is 0 Å². The van der Waals surface area contributed by atoms with E-state index in [0.717, 1.165) is 51.5 Å². The topological polar surface area (TPSA) is 34.1 Å². The number of hydrogen-bond donors (Lipinski definition) is 0. The number of carbonyl (C=O) groups is 2. The Hall–Kier alpha value is -2.72. The van der Waals surface area contributed by atoms with E-state index in [0.29, 0.717) is 6.42 Å². The van der Waals surface area contributed by atoms with Gasteiger partial charge < -0.3 is 0 Å². The van der Waals surface area contributed by atoms with Gasteiger partial charge in [-0.15, -0.1) is 68.0 Å². The number of hydrogen-bond acceptors (Lipinski definition) is 8. The molecule has 0 amide bonds. The van der Waals surface area contributed by atoms with Crippen molar-refractivity contribution in [1.29, 1.82) is 0 Å². The largest absolute Gasteiger partial charge is 0.293 e. The fourth-order valence-corrected chi connectivity index (χ4v) is 20.1. The molecule has 0 aliphatic heterocycles. The van der Waals surface area contributed by atoms with Gasteiger partial charge in [-0.05, 0) is 114 Å². The zero-order valence-electron chi connectivity index (χ0n) is 49.8. The third kappa shape index (κ3) is 14.7. The normalized spacial score (nSPS) is 12.9. The lowest BCUT2D eigenvalue weighted by atomic mass is 9.99. The number of ketones is 2. The summed E-state index contributed by atoms with van der Waals surface area (Å²) in [5.41, 5.74) is 6.89. The van der Waals surface area contributed by atoms with Crippen LogP contribution >= 0.6 is 68.0 Å². The molecule has 0 unspecified atom stereocenters. The summed E-state index contributed by atoms with van der Waals surface area (Å²) in [6.45, 7) is 20.3. The zero-order valence-corrected chi connectivity index (χ0v) is 54.7.